The molecule has 95 heavy (non-hydrogen) atoms. The summed E-state index contributed by atoms with van der Waals surface area (Å²) in [6.07, 6.45) is 58.3. The minimum atomic E-state index is -4.96. The van der Waals surface area contributed by atoms with E-state index >= 15 is 0 Å². The van der Waals surface area contributed by atoms with Crippen molar-refractivity contribution in [1.82, 2.24) is 0 Å². The van der Waals surface area contributed by atoms with Crippen LogP contribution in [0.1, 0.15) is 401 Å². The molecular formula is C76H148O17P2. The number of aliphatic hydroxyl groups is 1. The average Bonchev–Trinajstić information content (AvgIpc) is 1.40. The number of carbonyl (C=O) groups is 4. The van der Waals surface area contributed by atoms with E-state index in [1.807, 2.05) is 0 Å². The molecule has 0 aromatic rings. The highest BCUT2D eigenvalue weighted by Crippen LogP contribution is 2.45. The maximum Gasteiger partial charge on any atom is 0.472 e. The largest absolute Gasteiger partial charge is 0.472 e. The number of phosphoric acid groups is 2. The molecule has 0 aliphatic carbocycles. The number of phosphoric ester groups is 2. The van der Waals surface area contributed by atoms with Crippen molar-refractivity contribution in [1.29, 1.82) is 0 Å². The first kappa shape index (κ1) is 93.1. The van der Waals surface area contributed by atoms with Crippen LogP contribution in [0.4, 0.5) is 0 Å². The second-order valence-electron chi connectivity index (χ2n) is 27.9. The van der Waals surface area contributed by atoms with Crippen LogP contribution in [0.3, 0.4) is 0 Å². The van der Waals surface area contributed by atoms with Gasteiger partial charge in [0.25, 0.3) is 0 Å². The van der Waals surface area contributed by atoms with Gasteiger partial charge in [-0.3, -0.25) is 37.3 Å². The third kappa shape index (κ3) is 70.3. The van der Waals surface area contributed by atoms with Crippen LogP contribution in [0, 0.1) is 5.92 Å². The molecule has 5 atom stereocenters. The Kier molecular flexibility index (Phi) is 67.7. The molecule has 0 heterocycles. The Morgan fingerprint density at radius 1 is 0.284 bits per heavy atom. The molecule has 19 heteroatoms. The summed E-state index contributed by atoms with van der Waals surface area (Å²) >= 11 is 0. The molecule has 2 unspecified atom stereocenters. The van der Waals surface area contributed by atoms with E-state index in [2.05, 4.69) is 34.6 Å². The fourth-order valence-corrected chi connectivity index (χ4v) is 13.3. The topological polar surface area (TPSA) is 237 Å². The number of carbonyl (C=O) groups excluding carboxylic acids is 4. The third-order valence-corrected chi connectivity index (χ3v) is 19.7. The molecule has 0 fully saturated rings. The van der Waals surface area contributed by atoms with E-state index in [0.717, 1.165) is 102 Å². The highest BCUT2D eigenvalue weighted by Gasteiger charge is 2.30. The molecule has 0 aliphatic rings. The first-order valence-electron chi connectivity index (χ1n) is 39.6. The van der Waals surface area contributed by atoms with Crippen LogP contribution in [0.2, 0.25) is 0 Å². The SMILES string of the molecule is CCCCCCCCCCCCCCCCCCCC(=O)OC[C@H](COP(=O)(O)OC[C@@H](O)COP(=O)(O)OC[C@@H](COC(=O)CCCCCCCCCC)OC(=O)CCCCCCCCCCCCCC)OC(=O)CCCCCCCCCCCCCCCCCC(C)C. The highest BCUT2D eigenvalue weighted by atomic mass is 31.2. The number of ether oxygens (including phenoxy) is 4. The van der Waals surface area contributed by atoms with E-state index in [-0.39, 0.29) is 25.7 Å². The monoisotopic (exact) mass is 1400 g/mol. The summed E-state index contributed by atoms with van der Waals surface area (Å²) < 4.78 is 68.5. The van der Waals surface area contributed by atoms with Crippen LogP contribution in [-0.2, 0) is 65.4 Å². The van der Waals surface area contributed by atoms with Crippen LogP contribution in [0.5, 0.6) is 0 Å². The molecule has 0 aromatic carbocycles. The minimum absolute atomic E-state index is 0.107. The maximum absolute atomic E-state index is 13.1. The van der Waals surface area contributed by atoms with Gasteiger partial charge in [0.15, 0.2) is 12.2 Å². The van der Waals surface area contributed by atoms with Crippen LogP contribution in [-0.4, -0.2) is 96.7 Å². The van der Waals surface area contributed by atoms with Gasteiger partial charge >= 0.3 is 39.5 Å². The summed E-state index contributed by atoms with van der Waals surface area (Å²) in [6, 6.07) is 0. The van der Waals surface area contributed by atoms with Crippen LogP contribution < -0.4 is 0 Å². The first-order valence-corrected chi connectivity index (χ1v) is 42.6. The van der Waals surface area contributed by atoms with Gasteiger partial charge in [0.1, 0.15) is 19.3 Å². The maximum atomic E-state index is 13.1. The van der Waals surface area contributed by atoms with Crippen molar-refractivity contribution >= 4 is 39.5 Å². The Labute approximate surface area is 581 Å². The van der Waals surface area contributed by atoms with Crippen molar-refractivity contribution in [2.24, 2.45) is 5.92 Å². The minimum Gasteiger partial charge on any atom is -0.462 e. The fraction of sp³-hybridized carbons (Fsp3) is 0.947. The first-order chi connectivity index (χ1) is 46.0. The van der Waals surface area contributed by atoms with Crippen molar-refractivity contribution < 1.29 is 80.2 Å². The number of hydrogen-bond donors (Lipinski definition) is 3. The van der Waals surface area contributed by atoms with Gasteiger partial charge in [0, 0.05) is 25.7 Å². The Balaban J connectivity index is 5.20. The zero-order chi connectivity index (χ0) is 69.8. The van der Waals surface area contributed by atoms with Crippen molar-refractivity contribution in [3.05, 3.63) is 0 Å². The van der Waals surface area contributed by atoms with Crippen LogP contribution >= 0.6 is 15.6 Å². The Morgan fingerprint density at radius 3 is 0.716 bits per heavy atom. The summed E-state index contributed by atoms with van der Waals surface area (Å²) in [6.45, 7) is 7.30. The third-order valence-electron chi connectivity index (χ3n) is 17.8. The molecule has 0 amide bonds. The number of aliphatic hydroxyl groups excluding tert-OH is 1. The van der Waals surface area contributed by atoms with Crippen molar-refractivity contribution in [2.45, 2.75) is 419 Å². The average molecular weight is 1400 g/mol. The van der Waals surface area contributed by atoms with Crippen LogP contribution in [0.15, 0.2) is 0 Å². The predicted octanol–water partition coefficient (Wildman–Crippen LogP) is 22.5. The van der Waals surface area contributed by atoms with Gasteiger partial charge in [0.2, 0.25) is 0 Å². The van der Waals surface area contributed by atoms with E-state index < -0.39 is 97.5 Å². The Hall–Kier alpha value is -1.94. The molecule has 0 radical (unpaired) electrons. The molecule has 0 spiro atoms. The lowest BCUT2D eigenvalue weighted by molar-refractivity contribution is -0.161. The molecule has 0 aromatic heterocycles. The molecule has 0 saturated carbocycles. The lowest BCUT2D eigenvalue weighted by Gasteiger charge is -2.21. The number of rotatable bonds is 76. The standard InChI is InChI=1S/C76H148O17P2/c1-6-9-12-15-18-21-23-25-26-27-30-33-37-40-45-50-55-60-74(79)87-66-72(93-76(81)62-57-52-47-42-38-34-31-28-29-32-35-39-43-48-53-58-69(4)5)68-91-95(84,85)89-64-70(77)63-88-94(82,83)90-67-71(65-86-73(78)59-54-49-44-20-17-14-11-8-3)92-75(80)61-56-51-46-41-36-24-22-19-16-13-10-7-2/h69-72,77H,6-68H2,1-5H3,(H,82,83)(H,84,85)/t70-,71+,72+/m0/s1. The number of unbranched alkanes of at least 4 members (excludes halogenated alkanes) is 48. The van der Waals surface area contributed by atoms with Gasteiger partial charge < -0.3 is 33.8 Å². The van der Waals surface area contributed by atoms with Gasteiger partial charge in [-0.05, 0) is 31.6 Å². The molecule has 0 aliphatic heterocycles. The lowest BCUT2D eigenvalue weighted by Crippen LogP contribution is -2.30. The van der Waals surface area contributed by atoms with E-state index in [1.54, 1.807) is 0 Å². The van der Waals surface area contributed by atoms with E-state index in [4.69, 9.17) is 37.0 Å². The quantitative estimate of drug-likeness (QED) is 0.0222. The van der Waals surface area contributed by atoms with Gasteiger partial charge in [0.05, 0.1) is 26.4 Å². The van der Waals surface area contributed by atoms with Crippen molar-refractivity contribution in [3.8, 4) is 0 Å². The molecule has 0 saturated heterocycles. The second kappa shape index (κ2) is 69.2. The number of hydrogen-bond acceptors (Lipinski definition) is 15. The second-order valence-corrected chi connectivity index (χ2v) is 30.8. The van der Waals surface area contributed by atoms with Crippen LogP contribution in [0.25, 0.3) is 0 Å². The van der Waals surface area contributed by atoms with E-state index in [9.17, 15) is 43.2 Å². The van der Waals surface area contributed by atoms with Crippen molar-refractivity contribution in [3.63, 3.8) is 0 Å². The van der Waals surface area contributed by atoms with Gasteiger partial charge in [-0.15, -0.1) is 0 Å². The summed E-state index contributed by atoms with van der Waals surface area (Å²) in [5.41, 5.74) is 0. The van der Waals surface area contributed by atoms with Gasteiger partial charge in [-0.2, -0.15) is 0 Å². The molecule has 0 bridgehead atoms. The predicted molar refractivity (Wildman–Crippen MR) is 386 cm³/mol. The lowest BCUT2D eigenvalue weighted by atomic mass is 10.0. The van der Waals surface area contributed by atoms with Gasteiger partial charge in [-0.25, -0.2) is 9.13 Å². The summed E-state index contributed by atoms with van der Waals surface area (Å²) in [5, 5.41) is 10.6. The fourth-order valence-electron chi connectivity index (χ4n) is 11.7. The Morgan fingerprint density at radius 2 is 0.484 bits per heavy atom. The van der Waals surface area contributed by atoms with Crippen molar-refractivity contribution in [2.75, 3.05) is 39.6 Å². The van der Waals surface area contributed by atoms with E-state index in [1.165, 1.54) is 218 Å². The smallest absolute Gasteiger partial charge is 0.462 e. The highest BCUT2D eigenvalue weighted by molar-refractivity contribution is 7.47. The summed E-state index contributed by atoms with van der Waals surface area (Å²) in [7, 11) is -9.91. The molecule has 564 valence electrons. The van der Waals surface area contributed by atoms with Gasteiger partial charge in [-0.1, -0.05) is 349 Å². The molecule has 0 rings (SSSR count). The molecular weight excluding hydrogens is 1250 g/mol. The number of esters is 4. The Bertz CT molecular complexity index is 1820. The zero-order valence-corrected chi connectivity index (χ0v) is 63.6. The normalized spacial score (nSPS) is 13.9. The molecule has 17 nitrogen and oxygen atoms in total. The molecule has 3 N–H and O–H groups in total. The zero-order valence-electron chi connectivity index (χ0n) is 61.8. The summed E-state index contributed by atoms with van der Waals surface area (Å²) in [5.74, 6) is -1.31. The van der Waals surface area contributed by atoms with E-state index in [0.29, 0.717) is 25.7 Å². The summed E-state index contributed by atoms with van der Waals surface area (Å²) in [4.78, 5) is 72.7.